The van der Waals surface area contributed by atoms with E-state index in [-0.39, 0.29) is 53.9 Å². The van der Waals surface area contributed by atoms with E-state index < -0.39 is 24.1 Å². The van der Waals surface area contributed by atoms with Gasteiger partial charge in [0.2, 0.25) is 11.8 Å². The number of anilines is 1. The van der Waals surface area contributed by atoms with Crippen LogP contribution >= 0.6 is 0 Å². The summed E-state index contributed by atoms with van der Waals surface area (Å²) in [5, 5.41) is 11.1. The first kappa shape index (κ1) is 42.4. The van der Waals surface area contributed by atoms with Crippen molar-refractivity contribution in [2.45, 2.75) is 132 Å². The molecule has 0 aliphatic heterocycles. The van der Waals surface area contributed by atoms with Crippen molar-refractivity contribution in [2.24, 2.45) is 28.4 Å². The number of primary amides is 1. The standard InChI is InChI=1S/C37H63N5O6/c1-26(2)32(42-31(44)15-10-9-11-20-36(3,4)5)30(43)24-28(14-12-22-39-34(38)46)33(45)41-29-18-16-27(17-19-29)25-48-35(47)40-23-13-21-37(6,7)8/h16-19,26,28,32H,9-15,20-25H2,1-8H3,(H,40,47)(H,41,45)(H,42,44)(H3,38,39,46)/t28-,32?/m1/s1. The lowest BCUT2D eigenvalue weighted by atomic mass is 9.89. The summed E-state index contributed by atoms with van der Waals surface area (Å²) in [6.45, 7) is 17.7. The lowest BCUT2D eigenvalue weighted by Gasteiger charge is -2.24. The van der Waals surface area contributed by atoms with Crippen LogP contribution in [0.15, 0.2) is 24.3 Å². The first-order valence-electron chi connectivity index (χ1n) is 17.5. The van der Waals surface area contributed by atoms with E-state index in [1.54, 1.807) is 24.3 Å². The number of unbranched alkanes of at least 4 members (excludes halogenated alkanes) is 2. The van der Waals surface area contributed by atoms with Crippen LogP contribution in [-0.2, 0) is 25.7 Å². The molecule has 272 valence electrons. The monoisotopic (exact) mass is 673 g/mol. The number of Topliss-reactive ketones (excluding diaryl/α,β-unsaturated/α-hetero) is 1. The topological polar surface area (TPSA) is 169 Å². The van der Waals surface area contributed by atoms with Gasteiger partial charge < -0.3 is 31.7 Å². The smallest absolute Gasteiger partial charge is 0.407 e. The van der Waals surface area contributed by atoms with Crippen LogP contribution in [0.5, 0.6) is 0 Å². The lowest BCUT2D eigenvalue weighted by molar-refractivity contribution is -0.131. The van der Waals surface area contributed by atoms with Crippen LogP contribution in [0.2, 0.25) is 0 Å². The highest BCUT2D eigenvalue weighted by atomic mass is 16.5. The van der Waals surface area contributed by atoms with E-state index in [4.69, 9.17) is 10.5 Å². The van der Waals surface area contributed by atoms with Gasteiger partial charge in [0.1, 0.15) is 6.61 Å². The molecule has 6 N–H and O–H groups in total. The molecule has 1 aromatic carbocycles. The maximum atomic E-state index is 13.5. The first-order valence-corrected chi connectivity index (χ1v) is 17.5. The fourth-order valence-corrected chi connectivity index (χ4v) is 5.18. The predicted octanol–water partition coefficient (Wildman–Crippen LogP) is 6.84. The van der Waals surface area contributed by atoms with Gasteiger partial charge in [-0.25, -0.2) is 9.59 Å². The molecule has 2 atom stereocenters. The van der Waals surface area contributed by atoms with Crippen LogP contribution in [0.3, 0.4) is 0 Å². The number of amides is 5. The molecule has 48 heavy (non-hydrogen) atoms. The summed E-state index contributed by atoms with van der Waals surface area (Å²) < 4.78 is 5.30. The Bertz CT molecular complexity index is 1150. The van der Waals surface area contributed by atoms with Crippen LogP contribution in [0, 0.1) is 22.7 Å². The number of hydrogen-bond acceptors (Lipinski definition) is 6. The molecule has 1 rings (SSSR count). The minimum Gasteiger partial charge on any atom is -0.445 e. The van der Waals surface area contributed by atoms with Crippen molar-refractivity contribution in [3.63, 3.8) is 0 Å². The molecule has 11 heteroatoms. The number of urea groups is 1. The van der Waals surface area contributed by atoms with E-state index in [9.17, 15) is 24.0 Å². The second kappa shape index (κ2) is 21.4. The number of nitrogens with one attached hydrogen (secondary N) is 4. The molecule has 0 bridgehead atoms. The van der Waals surface area contributed by atoms with Crippen LogP contribution in [0.25, 0.3) is 0 Å². The average molecular weight is 674 g/mol. The van der Waals surface area contributed by atoms with Crippen molar-refractivity contribution >= 4 is 35.4 Å². The van der Waals surface area contributed by atoms with E-state index >= 15 is 0 Å². The molecular formula is C37H63N5O6. The normalized spacial score (nSPS) is 12.9. The summed E-state index contributed by atoms with van der Waals surface area (Å²) in [5.74, 6) is -1.55. The maximum absolute atomic E-state index is 13.5. The van der Waals surface area contributed by atoms with Crippen molar-refractivity contribution in [3.05, 3.63) is 29.8 Å². The molecule has 1 unspecified atom stereocenters. The number of carbonyl (C=O) groups is 5. The van der Waals surface area contributed by atoms with Crippen LogP contribution < -0.4 is 27.0 Å². The summed E-state index contributed by atoms with van der Waals surface area (Å²) >= 11 is 0. The van der Waals surface area contributed by atoms with Crippen molar-refractivity contribution in [1.29, 1.82) is 0 Å². The van der Waals surface area contributed by atoms with Crippen LogP contribution in [0.1, 0.15) is 125 Å². The molecule has 5 amide bonds. The molecule has 1 aromatic rings. The molecule has 0 saturated heterocycles. The number of ketones is 1. The Morgan fingerprint density at radius 2 is 1.40 bits per heavy atom. The third kappa shape index (κ3) is 20.6. The van der Waals surface area contributed by atoms with Gasteiger partial charge in [-0.1, -0.05) is 80.4 Å². The molecule has 0 heterocycles. The van der Waals surface area contributed by atoms with Gasteiger partial charge in [0.15, 0.2) is 5.78 Å². The van der Waals surface area contributed by atoms with Crippen LogP contribution in [-0.4, -0.2) is 48.9 Å². The van der Waals surface area contributed by atoms with Crippen molar-refractivity contribution in [1.82, 2.24) is 16.0 Å². The average Bonchev–Trinajstić information content (AvgIpc) is 2.97. The maximum Gasteiger partial charge on any atom is 0.407 e. The molecule has 0 aliphatic carbocycles. The largest absolute Gasteiger partial charge is 0.445 e. The lowest BCUT2D eigenvalue weighted by Crippen LogP contribution is -2.45. The van der Waals surface area contributed by atoms with Crippen molar-refractivity contribution < 1.29 is 28.7 Å². The van der Waals surface area contributed by atoms with E-state index in [2.05, 4.69) is 62.8 Å². The fraction of sp³-hybridized carbons (Fsp3) is 0.703. The van der Waals surface area contributed by atoms with E-state index in [0.29, 0.717) is 31.5 Å². The SMILES string of the molecule is CC(C)C(NC(=O)CCCCCC(C)(C)C)C(=O)C[C@@H](CCCNC(N)=O)C(=O)Nc1ccc(COC(=O)NCCCC(C)(C)C)cc1. The Morgan fingerprint density at radius 3 is 1.98 bits per heavy atom. The molecule has 11 nitrogen and oxygen atoms in total. The molecule has 0 radical (unpaired) electrons. The molecule has 0 aromatic heterocycles. The highest BCUT2D eigenvalue weighted by molar-refractivity contribution is 5.97. The van der Waals surface area contributed by atoms with Gasteiger partial charge in [0.05, 0.1) is 6.04 Å². The number of rotatable bonds is 21. The second-order valence-electron chi connectivity index (χ2n) is 15.6. The highest BCUT2D eigenvalue weighted by Crippen LogP contribution is 2.23. The Balaban J connectivity index is 2.76. The quantitative estimate of drug-likeness (QED) is 0.0896. The zero-order valence-electron chi connectivity index (χ0n) is 30.8. The number of nitrogens with two attached hydrogens (primary N) is 1. The minimum atomic E-state index is -0.707. The summed E-state index contributed by atoms with van der Waals surface area (Å²) in [6.07, 6.45) is 6.30. The Labute approximate surface area is 288 Å². The highest BCUT2D eigenvalue weighted by Gasteiger charge is 2.29. The van der Waals surface area contributed by atoms with E-state index in [1.807, 2.05) is 13.8 Å². The van der Waals surface area contributed by atoms with Crippen molar-refractivity contribution in [3.8, 4) is 0 Å². The Hall–Kier alpha value is -3.63. The molecule has 0 spiro atoms. The molecular weight excluding hydrogens is 610 g/mol. The number of carbonyl (C=O) groups excluding carboxylic acids is 5. The van der Waals surface area contributed by atoms with Gasteiger partial charge >= 0.3 is 12.1 Å². The number of benzene rings is 1. The van der Waals surface area contributed by atoms with E-state index in [0.717, 1.165) is 44.1 Å². The number of alkyl carbamates (subject to hydrolysis) is 1. The van der Waals surface area contributed by atoms with Gasteiger partial charge in [-0.2, -0.15) is 0 Å². The van der Waals surface area contributed by atoms with Gasteiger partial charge in [-0.3, -0.25) is 14.4 Å². The predicted molar refractivity (Wildman–Crippen MR) is 191 cm³/mol. The molecule has 0 saturated carbocycles. The summed E-state index contributed by atoms with van der Waals surface area (Å²) in [6, 6.07) is 5.57. The van der Waals surface area contributed by atoms with E-state index in [1.165, 1.54) is 0 Å². The third-order valence-electron chi connectivity index (χ3n) is 7.97. The van der Waals surface area contributed by atoms with Gasteiger partial charge in [-0.05, 0) is 73.0 Å². The zero-order chi connectivity index (χ0) is 36.3. The summed E-state index contributed by atoms with van der Waals surface area (Å²) in [5.41, 5.74) is 6.94. The molecule has 0 aliphatic rings. The Morgan fingerprint density at radius 1 is 0.792 bits per heavy atom. The Kier molecular flexibility index (Phi) is 18.9. The van der Waals surface area contributed by atoms with Crippen LogP contribution in [0.4, 0.5) is 15.3 Å². The fourth-order valence-electron chi connectivity index (χ4n) is 5.18. The van der Waals surface area contributed by atoms with Gasteiger partial charge in [0.25, 0.3) is 0 Å². The molecule has 0 fully saturated rings. The zero-order valence-corrected chi connectivity index (χ0v) is 30.8. The summed E-state index contributed by atoms with van der Waals surface area (Å²) in [4.78, 5) is 62.8. The summed E-state index contributed by atoms with van der Waals surface area (Å²) in [7, 11) is 0. The van der Waals surface area contributed by atoms with Gasteiger partial charge in [0, 0.05) is 37.5 Å². The third-order valence-corrected chi connectivity index (χ3v) is 7.97. The number of hydrogen-bond donors (Lipinski definition) is 5. The minimum absolute atomic E-state index is 0.0616. The van der Waals surface area contributed by atoms with Gasteiger partial charge in [-0.15, -0.1) is 0 Å². The first-order chi connectivity index (χ1) is 22.4. The number of ether oxygens (including phenoxy) is 1. The second-order valence-corrected chi connectivity index (χ2v) is 15.6. The van der Waals surface area contributed by atoms with Crippen molar-refractivity contribution in [2.75, 3.05) is 18.4 Å².